The lowest BCUT2D eigenvalue weighted by Crippen LogP contribution is -2.45. The lowest BCUT2D eigenvalue weighted by atomic mass is 9.92. The number of nitrogens with zero attached hydrogens (tertiary/aromatic N) is 3. The van der Waals surface area contributed by atoms with Crippen LogP contribution in [0.4, 0.5) is 19.0 Å². The Morgan fingerprint density at radius 3 is 2.47 bits per heavy atom. The number of amides is 1. The third kappa shape index (κ3) is 5.29. The maximum absolute atomic E-state index is 12.8. The smallest absolute Gasteiger partial charge is 0.406 e. The molecule has 172 valence electrons. The van der Waals surface area contributed by atoms with Gasteiger partial charge in [0.05, 0.1) is 18.3 Å². The first-order valence-electron chi connectivity index (χ1n) is 10.7. The van der Waals surface area contributed by atoms with Crippen LogP contribution in [-0.4, -0.2) is 52.6 Å². The minimum absolute atomic E-state index is 0.0846. The summed E-state index contributed by atoms with van der Waals surface area (Å²) in [5, 5.41) is 13.0. The first-order chi connectivity index (χ1) is 15.2. The first kappa shape index (κ1) is 22.3. The van der Waals surface area contributed by atoms with Crippen LogP contribution >= 0.6 is 0 Å². The second-order valence-corrected chi connectivity index (χ2v) is 8.27. The highest BCUT2D eigenvalue weighted by molar-refractivity contribution is 5.93. The van der Waals surface area contributed by atoms with Crippen LogP contribution < -0.4 is 15.0 Å². The third-order valence-electron chi connectivity index (χ3n) is 5.82. The van der Waals surface area contributed by atoms with Crippen molar-refractivity contribution in [2.45, 2.75) is 63.1 Å². The summed E-state index contributed by atoms with van der Waals surface area (Å²) in [5.74, 6) is -0.236. The minimum atomic E-state index is -4.78. The number of aliphatic hydroxyl groups excluding tert-OH is 1. The van der Waals surface area contributed by atoms with Crippen LogP contribution in [0.25, 0.3) is 11.3 Å². The molecule has 7 nitrogen and oxygen atoms in total. The molecule has 1 amide bonds. The van der Waals surface area contributed by atoms with Gasteiger partial charge in [-0.3, -0.25) is 4.79 Å². The maximum atomic E-state index is 12.8. The SMILES string of the molecule is CN(c1ncc(C(=O)N[C@@H]2CCCC[C@H]2O)nc1-c1ccc(OC(F)(F)F)cc1)C1CC1. The van der Waals surface area contributed by atoms with Crippen LogP contribution in [0.3, 0.4) is 0 Å². The lowest BCUT2D eigenvalue weighted by molar-refractivity contribution is -0.274. The van der Waals surface area contributed by atoms with Crippen molar-refractivity contribution in [2.75, 3.05) is 11.9 Å². The van der Waals surface area contributed by atoms with E-state index in [0.29, 0.717) is 36.0 Å². The summed E-state index contributed by atoms with van der Waals surface area (Å²) in [6.45, 7) is 0. The molecule has 2 aromatic rings. The summed E-state index contributed by atoms with van der Waals surface area (Å²) >= 11 is 0. The van der Waals surface area contributed by atoms with Crippen molar-refractivity contribution in [2.24, 2.45) is 0 Å². The number of nitrogens with one attached hydrogen (secondary N) is 1. The van der Waals surface area contributed by atoms with E-state index in [-0.39, 0.29) is 17.5 Å². The zero-order valence-corrected chi connectivity index (χ0v) is 17.6. The standard InChI is InChI=1S/C22H25F3N4O3/c1-29(14-8-9-14)20-19(13-6-10-15(11-7-13)32-22(23,24)25)27-17(12-26-20)21(31)28-16-4-2-3-5-18(16)30/h6-7,10-12,14,16,18,30H,2-5,8-9H2,1H3,(H,28,31)/t16-,18-/m1/s1. The van der Waals surface area contributed by atoms with Gasteiger partial charge in [0.1, 0.15) is 17.1 Å². The summed E-state index contributed by atoms with van der Waals surface area (Å²) < 4.78 is 41.4. The summed E-state index contributed by atoms with van der Waals surface area (Å²) in [6, 6.07) is 5.30. The fourth-order valence-electron chi connectivity index (χ4n) is 3.92. The normalized spacial score (nSPS) is 21.2. The summed E-state index contributed by atoms with van der Waals surface area (Å²) in [5.41, 5.74) is 0.998. The molecule has 0 bridgehead atoms. The van der Waals surface area contributed by atoms with Crippen molar-refractivity contribution < 1.29 is 27.8 Å². The highest BCUT2D eigenvalue weighted by Gasteiger charge is 2.32. The van der Waals surface area contributed by atoms with Crippen LogP contribution in [0, 0.1) is 0 Å². The second kappa shape index (κ2) is 8.93. The fourth-order valence-corrected chi connectivity index (χ4v) is 3.92. The number of ether oxygens (including phenoxy) is 1. The molecule has 2 aliphatic carbocycles. The Morgan fingerprint density at radius 1 is 1.16 bits per heavy atom. The second-order valence-electron chi connectivity index (χ2n) is 8.27. The van der Waals surface area contributed by atoms with Crippen molar-refractivity contribution in [3.8, 4) is 17.0 Å². The monoisotopic (exact) mass is 450 g/mol. The van der Waals surface area contributed by atoms with Gasteiger partial charge < -0.3 is 20.1 Å². The van der Waals surface area contributed by atoms with Gasteiger partial charge in [0.25, 0.3) is 5.91 Å². The van der Waals surface area contributed by atoms with E-state index < -0.39 is 18.4 Å². The van der Waals surface area contributed by atoms with Gasteiger partial charge in [-0.2, -0.15) is 0 Å². The van der Waals surface area contributed by atoms with Crippen molar-refractivity contribution in [1.29, 1.82) is 0 Å². The number of aliphatic hydroxyl groups is 1. The molecule has 2 atom stereocenters. The fraction of sp³-hybridized carbons (Fsp3) is 0.500. The van der Waals surface area contributed by atoms with Gasteiger partial charge in [-0.05, 0) is 49.9 Å². The molecule has 2 fully saturated rings. The number of halogens is 3. The molecular weight excluding hydrogens is 425 g/mol. The summed E-state index contributed by atoms with van der Waals surface area (Å²) in [7, 11) is 1.88. The molecule has 2 aliphatic rings. The Hall–Kier alpha value is -2.88. The van der Waals surface area contributed by atoms with E-state index in [1.807, 2.05) is 11.9 Å². The largest absolute Gasteiger partial charge is 0.573 e. The van der Waals surface area contributed by atoms with Crippen LogP contribution in [0.1, 0.15) is 49.0 Å². The Kier molecular flexibility index (Phi) is 6.23. The first-order valence-corrected chi connectivity index (χ1v) is 10.7. The molecule has 32 heavy (non-hydrogen) atoms. The average molecular weight is 450 g/mol. The number of hydrogen-bond donors (Lipinski definition) is 2. The van der Waals surface area contributed by atoms with E-state index in [0.717, 1.165) is 25.7 Å². The predicted octanol–water partition coefficient (Wildman–Crippen LogP) is 3.67. The predicted molar refractivity (Wildman–Crippen MR) is 111 cm³/mol. The number of rotatable bonds is 6. The van der Waals surface area contributed by atoms with Gasteiger partial charge in [0.15, 0.2) is 5.82 Å². The third-order valence-corrected chi connectivity index (χ3v) is 5.82. The van der Waals surface area contributed by atoms with Gasteiger partial charge in [-0.25, -0.2) is 9.97 Å². The van der Waals surface area contributed by atoms with Crippen molar-refractivity contribution in [3.05, 3.63) is 36.2 Å². The number of alkyl halides is 3. The number of carbonyl (C=O) groups excluding carboxylic acids is 1. The highest BCUT2D eigenvalue weighted by Crippen LogP contribution is 2.35. The molecule has 0 aliphatic heterocycles. The molecular formula is C22H25F3N4O3. The maximum Gasteiger partial charge on any atom is 0.573 e. The summed E-state index contributed by atoms with van der Waals surface area (Å²) in [6.07, 6.45) is 1.22. The molecule has 2 saturated carbocycles. The van der Waals surface area contributed by atoms with E-state index in [1.54, 1.807) is 0 Å². The van der Waals surface area contributed by atoms with Gasteiger partial charge >= 0.3 is 6.36 Å². The number of anilines is 1. The topological polar surface area (TPSA) is 87.6 Å². The molecule has 10 heteroatoms. The van der Waals surface area contributed by atoms with Crippen molar-refractivity contribution in [1.82, 2.24) is 15.3 Å². The highest BCUT2D eigenvalue weighted by atomic mass is 19.4. The van der Waals surface area contributed by atoms with Crippen molar-refractivity contribution in [3.63, 3.8) is 0 Å². The van der Waals surface area contributed by atoms with Crippen LogP contribution in [-0.2, 0) is 0 Å². The molecule has 0 unspecified atom stereocenters. The molecule has 0 radical (unpaired) electrons. The van der Waals surface area contributed by atoms with Crippen molar-refractivity contribution >= 4 is 11.7 Å². The van der Waals surface area contributed by atoms with Gasteiger partial charge in [0, 0.05) is 18.7 Å². The van der Waals surface area contributed by atoms with Gasteiger partial charge in [0.2, 0.25) is 0 Å². The van der Waals surface area contributed by atoms with E-state index in [4.69, 9.17) is 0 Å². The number of aromatic nitrogens is 2. The molecule has 2 N–H and O–H groups in total. The zero-order chi connectivity index (χ0) is 22.9. The van der Waals surface area contributed by atoms with E-state index in [2.05, 4.69) is 20.0 Å². The van der Waals surface area contributed by atoms with E-state index >= 15 is 0 Å². The van der Waals surface area contributed by atoms with Crippen LogP contribution in [0.2, 0.25) is 0 Å². The van der Waals surface area contributed by atoms with E-state index in [9.17, 15) is 23.1 Å². The molecule has 4 rings (SSSR count). The van der Waals surface area contributed by atoms with Gasteiger partial charge in [-0.15, -0.1) is 13.2 Å². The number of carbonyl (C=O) groups is 1. The average Bonchev–Trinajstić information content (AvgIpc) is 3.59. The molecule has 0 saturated heterocycles. The van der Waals surface area contributed by atoms with Crippen LogP contribution in [0.5, 0.6) is 5.75 Å². The Balaban J connectivity index is 1.62. The Morgan fingerprint density at radius 2 is 1.84 bits per heavy atom. The Labute approximate surface area is 183 Å². The molecule has 1 heterocycles. The van der Waals surface area contributed by atoms with Crippen LogP contribution in [0.15, 0.2) is 30.5 Å². The minimum Gasteiger partial charge on any atom is -0.406 e. The summed E-state index contributed by atoms with van der Waals surface area (Å²) in [4.78, 5) is 23.7. The lowest BCUT2D eigenvalue weighted by Gasteiger charge is -2.28. The number of benzene rings is 1. The quantitative estimate of drug-likeness (QED) is 0.698. The zero-order valence-electron chi connectivity index (χ0n) is 17.6. The number of hydrogen-bond acceptors (Lipinski definition) is 6. The Bertz CT molecular complexity index is 964. The molecule has 0 spiro atoms. The molecule has 1 aromatic carbocycles. The van der Waals surface area contributed by atoms with Gasteiger partial charge in [-0.1, -0.05) is 12.8 Å². The van der Waals surface area contributed by atoms with E-state index in [1.165, 1.54) is 30.5 Å². The molecule has 1 aromatic heterocycles.